The Hall–Kier alpha value is -2.84. The fourth-order valence-electron chi connectivity index (χ4n) is 1.77. The third-order valence-electron chi connectivity index (χ3n) is 2.79. The minimum Gasteiger partial charge on any atom is -0.353 e. The third-order valence-corrected chi connectivity index (χ3v) is 2.79. The molecule has 0 radical (unpaired) electrons. The zero-order chi connectivity index (χ0) is 16.4. The quantitative estimate of drug-likeness (QED) is 0.690. The molecule has 2 aromatic rings. The first-order valence-corrected chi connectivity index (χ1v) is 6.21. The van der Waals surface area contributed by atoms with E-state index in [9.17, 15) is 23.7 Å². The van der Waals surface area contributed by atoms with Crippen molar-refractivity contribution in [3.63, 3.8) is 0 Å². The molecule has 22 heavy (non-hydrogen) atoms. The van der Waals surface area contributed by atoms with E-state index < -0.39 is 33.8 Å². The second-order valence-electron chi connectivity index (χ2n) is 4.73. The van der Waals surface area contributed by atoms with E-state index in [1.165, 1.54) is 0 Å². The maximum atomic E-state index is 13.5. The lowest BCUT2D eigenvalue weighted by atomic mass is 10.1. The molecule has 0 saturated carbocycles. The van der Waals surface area contributed by atoms with E-state index in [0.717, 1.165) is 12.1 Å². The Morgan fingerprint density at radius 2 is 2.09 bits per heavy atom. The molecular formula is C13H11F2N3O4. The van der Waals surface area contributed by atoms with Gasteiger partial charge in [0.2, 0.25) is 11.5 Å². The van der Waals surface area contributed by atoms with E-state index in [0.29, 0.717) is 6.07 Å². The number of hydrogen-bond acceptors (Lipinski definition) is 5. The van der Waals surface area contributed by atoms with Crippen molar-refractivity contribution in [1.29, 1.82) is 0 Å². The van der Waals surface area contributed by atoms with Crippen molar-refractivity contribution in [3.05, 3.63) is 51.4 Å². The number of aromatic nitrogens is 1. The van der Waals surface area contributed by atoms with Gasteiger partial charge in [-0.1, -0.05) is 19.0 Å². The van der Waals surface area contributed by atoms with Crippen LogP contribution in [0.25, 0.3) is 0 Å². The third kappa shape index (κ3) is 2.92. The summed E-state index contributed by atoms with van der Waals surface area (Å²) in [4.78, 5) is 22.3. The molecule has 0 aliphatic heterocycles. The molecule has 0 aliphatic carbocycles. The molecule has 9 heteroatoms. The second kappa shape index (κ2) is 5.88. The second-order valence-corrected chi connectivity index (χ2v) is 4.73. The lowest BCUT2D eigenvalue weighted by Crippen LogP contribution is -2.15. The molecule has 0 spiro atoms. The number of benzene rings is 1. The summed E-state index contributed by atoms with van der Waals surface area (Å²) in [5, 5.41) is 16.5. The fraction of sp³-hybridized carbons (Fsp3) is 0.231. The van der Waals surface area contributed by atoms with Crippen LogP contribution in [0.4, 0.5) is 20.2 Å². The van der Waals surface area contributed by atoms with Gasteiger partial charge < -0.3 is 9.84 Å². The Kier molecular flexibility index (Phi) is 4.15. The van der Waals surface area contributed by atoms with Crippen molar-refractivity contribution in [3.8, 4) is 0 Å². The van der Waals surface area contributed by atoms with Gasteiger partial charge in [0.05, 0.1) is 10.6 Å². The van der Waals surface area contributed by atoms with Crippen molar-refractivity contribution < 1.29 is 23.0 Å². The standard InChI is InChI=1S/C13H11F2N3O4/c1-6(2)12-11(18(20)21)10(17-22-12)13(19)16-9-4-3-7(14)5-8(9)15/h3-6H,1-2H3,(H,16,19). The predicted octanol–water partition coefficient (Wildman–Crippen LogP) is 3.24. The molecule has 7 nitrogen and oxygen atoms in total. The monoisotopic (exact) mass is 311 g/mol. The normalized spacial score (nSPS) is 10.8. The molecule has 1 amide bonds. The Morgan fingerprint density at radius 1 is 1.41 bits per heavy atom. The van der Waals surface area contributed by atoms with Gasteiger partial charge in [-0.05, 0) is 12.1 Å². The van der Waals surface area contributed by atoms with Crippen LogP contribution < -0.4 is 5.32 Å². The van der Waals surface area contributed by atoms with Crippen LogP contribution in [0.3, 0.4) is 0 Å². The summed E-state index contributed by atoms with van der Waals surface area (Å²) in [6.07, 6.45) is 0. The minimum atomic E-state index is -1.02. The molecule has 1 heterocycles. The number of nitrogens with zero attached hydrogens (tertiary/aromatic N) is 2. The first-order chi connectivity index (χ1) is 10.3. The van der Waals surface area contributed by atoms with Gasteiger partial charge in [-0.15, -0.1) is 0 Å². The molecule has 0 aliphatic rings. The van der Waals surface area contributed by atoms with Crippen molar-refractivity contribution in [2.45, 2.75) is 19.8 Å². The number of hydrogen-bond donors (Lipinski definition) is 1. The van der Waals surface area contributed by atoms with Gasteiger partial charge in [-0.3, -0.25) is 14.9 Å². The number of carbonyl (C=O) groups is 1. The molecule has 0 atom stereocenters. The van der Waals surface area contributed by atoms with Crippen LogP contribution in [0.5, 0.6) is 0 Å². The van der Waals surface area contributed by atoms with Crippen LogP contribution in [0.15, 0.2) is 22.7 Å². The lowest BCUT2D eigenvalue weighted by molar-refractivity contribution is -0.386. The highest BCUT2D eigenvalue weighted by Gasteiger charge is 2.33. The molecule has 116 valence electrons. The zero-order valence-electron chi connectivity index (χ0n) is 11.6. The van der Waals surface area contributed by atoms with E-state index in [2.05, 4.69) is 10.5 Å². The number of anilines is 1. The van der Waals surface area contributed by atoms with E-state index in [1.54, 1.807) is 13.8 Å². The lowest BCUT2D eigenvalue weighted by Gasteiger charge is -2.04. The SMILES string of the molecule is CC(C)c1onc(C(=O)Nc2ccc(F)cc2F)c1[N+](=O)[O-]. The van der Waals surface area contributed by atoms with E-state index >= 15 is 0 Å². The Morgan fingerprint density at radius 3 is 2.64 bits per heavy atom. The maximum Gasteiger partial charge on any atom is 0.344 e. The highest BCUT2D eigenvalue weighted by molar-refractivity contribution is 6.05. The molecule has 1 aromatic carbocycles. The van der Waals surface area contributed by atoms with Crippen molar-refractivity contribution in [2.75, 3.05) is 5.32 Å². The number of nitrogens with one attached hydrogen (secondary N) is 1. The van der Waals surface area contributed by atoms with Crippen LogP contribution in [-0.2, 0) is 0 Å². The number of nitro groups is 1. The summed E-state index contributed by atoms with van der Waals surface area (Å²) in [7, 11) is 0. The van der Waals surface area contributed by atoms with Gasteiger partial charge in [0.15, 0.2) is 0 Å². The predicted molar refractivity (Wildman–Crippen MR) is 71.6 cm³/mol. The topological polar surface area (TPSA) is 98.3 Å². The van der Waals surface area contributed by atoms with Gasteiger partial charge in [-0.25, -0.2) is 8.78 Å². The largest absolute Gasteiger partial charge is 0.353 e. The van der Waals surface area contributed by atoms with Crippen LogP contribution in [0, 0.1) is 21.7 Å². The van der Waals surface area contributed by atoms with Crippen molar-refractivity contribution in [1.82, 2.24) is 5.16 Å². The summed E-state index contributed by atoms with van der Waals surface area (Å²) in [6.45, 7) is 3.27. The van der Waals surface area contributed by atoms with Crippen LogP contribution in [0.2, 0.25) is 0 Å². The smallest absolute Gasteiger partial charge is 0.344 e. The number of halogens is 2. The minimum absolute atomic E-state index is 0.0604. The van der Waals surface area contributed by atoms with Crippen LogP contribution in [0.1, 0.15) is 36.0 Å². The summed E-state index contributed by atoms with van der Waals surface area (Å²) < 4.78 is 31.1. The van der Waals surface area contributed by atoms with Gasteiger partial charge in [0.25, 0.3) is 5.91 Å². The van der Waals surface area contributed by atoms with Crippen LogP contribution >= 0.6 is 0 Å². The molecule has 1 aromatic heterocycles. The van der Waals surface area contributed by atoms with Crippen LogP contribution in [-0.4, -0.2) is 16.0 Å². The summed E-state index contributed by atoms with van der Waals surface area (Å²) in [6, 6.07) is 2.51. The van der Waals surface area contributed by atoms with Crippen molar-refractivity contribution >= 4 is 17.3 Å². The average Bonchev–Trinajstić information content (AvgIpc) is 2.87. The molecule has 0 fully saturated rings. The van der Waals surface area contributed by atoms with E-state index in [4.69, 9.17) is 4.52 Å². The molecule has 0 unspecified atom stereocenters. The van der Waals surface area contributed by atoms with Gasteiger partial charge >= 0.3 is 5.69 Å². The summed E-state index contributed by atoms with van der Waals surface area (Å²) in [5.74, 6) is -3.27. The number of rotatable bonds is 4. The summed E-state index contributed by atoms with van der Waals surface area (Å²) >= 11 is 0. The maximum absolute atomic E-state index is 13.5. The zero-order valence-corrected chi connectivity index (χ0v) is 11.6. The van der Waals surface area contributed by atoms with Gasteiger partial charge in [0.1, 0.15) is 11.6 Å². The molecule has 2 rings (SSSR count). The fourth-order valence-corrected chi connectivity index (χ4v) is 1.77. The summed E-state index contributed by atoms with van der Waals surface area (Å²) in [5.41, 5.74) is -1.47. The molecule has 0 saturated heterocycles. The molecule has 0 bridgehead atoms. The Labute approximate surface area is 123 Å². The first kappa shape index (κ1) is 15.5. The average molecular weight is 311 g/mol. The first-order valence-electron chi connectivity index (χ1n) is 6.21. The van der Waals surface area contributed by atoms with Gasteiger partial charge in [0, 0.05) is 12.0 Å². The number of amides is 1. The Bertz CT molecular complexity index is 743. The molecular weight excluding hydrogens is 300 g/mol. The Balaban J connectivity index is 2.36. The van der Waals surface area contributed by atoms with Crippen molar-refractivity contribution in [2.24, 2.45) is 0 Å². The van der Waals surface area contributed by atoms with E-state index in [1.807, 2.05) is 0 Å². The molecule has 1 N–H and O–H groups in total. The highest BCUT2D eigenvalue weighted by atomic mass is 19.1. The van der Waals surface area contributed by atoms with E-state index in [-0.39, 0.29) is 17.4 Å². The number of carbonyl (C=O) groups excluding carboxylic acids is 1. The highest BCUT2D eigenvalue weighted by Crippen LogP contribution is 2.30. The van der Waals surface area contributed by atoms with Gasteiger partial charge in [-0.2, -0.15) is 0 Å².